The molecule has 0 spiro atoms. The molecule has 0 bridgehead atoms. The Morgan fingerprint density at radius 3 is 2.64 bits per heavy atom. The number of nitrogens with one attached hydrogen (secondary N) is 2. The molecule has 2 N–H and O–H groups in total. The van der Waals surface area contributed by atoms with Gasteiger partial charge in [-0.1, -0.05) is 12.1 Å². The lowest BCUT2D eigenvalue weighted by atomic mass is 10.1. The Balaban J connectivity index is 1.99. The van der Waals surface area contributed by atoms with Crippen LogP contribution >= 0.6 is 0 Å². The van der Waals surface area contributed by atoms with E-state index in [1.165, 1.54) is 19.1 Å². The lowest BCUT2D eigenvalue weighted by Gasteiger charge is -2.21. The van der Waals surface area contributed by atoms with Crippen molar-refractivity contribution in [2.75, 3.05) is 26.2 Å². The lowest BCUT2D eigenvalue weighted by Crippen LogP contribution is -2.42. The molecular weight excluding hydrogens is 378 g/mol. The van der Waals surface area contributed by atoms with E-state index in [4.69, 9.17) is 9.47 Å². The van der Waals surface area contributed by atoms with Crippen LogP contribution in [0.1, 0.15) is 44.6 Å². The minimum absolute atomic E-state index is 0.0135. The van der Waals surface area contributed by atoms with E-state index in [0.717, 1.165) is 29.9 Å². The topological polar surface area (TPSA) is 89.0 Å². The highest BCUT2D eigenvalue weighted by molar-refractivity contribution is 7.90. The van der Waals surface area contributed by atoms with Gasteiger partial charge < -0.3 is 20.1 Å². The van der Waals surface area contributed by atoms with Gasteiger partial charge in [-0.15, -0.1) is 0 Å². The normalized spacial score (nSPS) is 16.6. The molecule has 0 radical (unpaired) electrons. The maximum absolute atomic E-state index is 11.3. The highest BCUT2D eigenvalue weighted by atomic mass is 32.2. The van der Waals surface area contributed by atoms with Gasteiger partial charge in [0, 0.05) is 31.5 Å². The second kappa shape index (κ2) is 10.5. The van der Waals surface area contributed by atoms with Gasteiger partial charge in [-0.25, -0.2) is 8.42 Å². The molecule has 1 aliphatic carbocycles. The van der Waals surface area contributed by atoms with Gasteiger partial charge in [0.15, 0.2) is 17.5 Å². The molecule has 158 valence electrons. The highest BCUT2D eigenvalue weighted by Crippen LogP contribution is 2.34. The Morgan fingerprint density at radius 1 is 1.32 bits per heavy atom. The predicted octanol–water partition coefficient (Wildman–Crippen LogP) is 2.50. The minimum atomic E-state index is -2.97. The number of methoxy groups -OCH3 is 1. The van der Waals surface area contributed by atoms with Crippen molar-refractivity contribution in [1.82, 2.24) is 10.6 Å². The number of rotatable bonds is 9. The molecule has 1 unspecified atom stereocenters. The monoisotopic (exact) mass is 411 g/mol. The summed E-state index contributed by atoms with van der Waals surface area (Å²) >= 11 is 0. The van der Waals surface area contributed by atoms with Crippen molar-refractivity contribution in [2.45, 2.75) is 57.7 Å². The van der Waals surface area contributed by atoms with Gasteiger partial charge >= 0.3 is 0 Å². The number of guanidine groups is 1. The van der Waals surface area contributed by atoms with Gasteiger partial charge in [0.05, 0.1) is 19.0 Å². The summed E-state index contributed by atoms with van der Waals surface area (Å²) in [5.74, 6) is 2.28. The van der Waals surface area contributed by atoms with E-state index in [9.17, 15) is 8.42 Å². The van der Waals surface area contributed by atoms with Crippen molar-refractivity contribution in [3.8, 4) is 11.5 Å². The predicted molar refractivity (Wildman–Crippen MR) is 113 cm³/mol. The van der Waals surface area contributed by atoms with Crippen LogP contribution in [0.15, 0.2) is 23.2 Å². The number of nitrogens with zero attached hydrogens (tertiary/aromatic N) is 1. The van der Waals surface area contributed by atoms with Gasteiger partial charge in [0.1, 0.15) is 9.84 Å². The average molecular weight is 412 g/mol. The smallest absolute Gasteiger partial charge is 0.191 e. The molecule has 7 nitrogen and oxygen atoms in total. The number of aliphatic imine (C=N–C) groups is 1. The molecule has 0 aliphatic heterocycles. The van der Waals surface area contributed by atoms with Crippen molar-refractivity contribution >= 4 is 15.8 Å². The molecule has 1 saturated carbocycles. The maximum Gasteiger partial charge on any atom is 0.191 e. The first-order valence-corrected chi connectivity index (χ1v) is 11.9. The van der Waals surface area contributed by atoms with E-state index < -0.39 is 9.84 Å². The van der Waals surface area contributed by atoms with E-state index in [2.05, 4.69) is 15.6 Å². The first kappa shape index (κ1) is 22.3. The Bertz CT molecular complexity index is 759. The van der Waals surface area contributed by atoms with Crippen LogP contribution in [0.2, 0.25) is 0 Å². The molecule has 8 heteroatoms. The third-order valence-electron chi connectivity index (χ3n) is 4.84. The van der Waals surface area contributed by atoms with Crippen LogP contribution in [0.4, 0.5) is 0 Å². The largest absolute Gasteiger partial charge is 0.493 e. The molecule has 1 aromatic rings. The van der Waals surface area contributed by atoms with Crippen LogP contribution in [0.3, 0.4) is 0 Å². The third-order valence-corrected chi connectivity index (χ3v) is 5.82. The van der Waals surface area contributed by atoms with Crippen molar-refractivity contribution in [2.24, 2.45) is 4.99 Å². The van der Waals surface area contributed by atoms with E-state index in [0.29, 0.717) is 18.9 Å². The fourth-order valence-electron chi connectivity index (χ4n) is 3.24. The quantitative estimate of drug-likeness (QED) is 0.479. The van der Waals surface area contributed by atoms with Gasteiger partial charge in [0.25, 0.3) is 0 Å². The number of hydrogen-bond acceptors (Lipinski definition) is 5. The van der Waals surface area contributed by atoms with E-state index in [1.54, 1.807) is 14.2 Å². The van der Waals surface area contributed by atoms with Crippen LogP contribution in [0, 0.1) is 0 Å². The van der Waals surface area contributed by atoms with E-state index in [1.807, 2.05) is 25.1 Å². The molecule has 0 aromatic heterocycles. The number of benzene rings is 1. The Kier molecular flexibility index (Phi) is 8.41. The summed E-state index contributed by atoms with van der Waals surface area (Å²) < 4.78 is 34.4. The second-order valence-corrected chi connectivity index (χ2v) is 9.62. The van der Waals surface area contributed by atoms with E-state index in [-0.39, 0.29) is 17.9 Å². The SMILES string of the molecule is CN=C(NCc1cccc(OC)c1OC1CCCC1)NC(C)CCS(C)(=O)=O. The van der Waals surface area contributed by atoms with Gasteiger partial charge in [-0.2, -0.15) is 0 Å². The van der Waals surface area contributed by atoms with Gasteiger partial charge in [0.2, 0.25) is 0 Å². The molecule has 0 amide bonds. The number of hydrogen-bond donors (Lipinski definition) is 2. The minimum Gasteiger partial charge on any atom is -0.493 e. The molecule has 1 aliphatic rings. The van der Waals surface area contributed by atoms with Crippen LogP contribution in [-0.4, -0.2) is 52.7 Å². The molecular formula is C20H33N3O4S. The number of ether oxygens (including phenoxy) is 2. The van der Waals surface area contributed by atoms with Crippen molar-refractivity contribution in [3.05, 3.63) is 23.8 Å². The number of sulfone groups is 1. The summed E-state index contributed by atoms with van der Waals surface area (Å²) in [5.41, 5.74) is 0.998. The van der Waals surface area contributed by atoms with Crippen molar-refractivity contribution < 1.29 is 17.9 Å². The Labute approximate surface area is 168 Å². The van der Waals surface area contributed by atoms with E-state index >= 15 is 0 Å². The van der Waals surface area contributed by atoms with Crippen LogP contribution in [0.5, 0.6) is 11.5 Å². The van der Waals surface area contributed by atoms with Crippen LogP contribution in [0.25, 0.3) is 0 Å². The standard InChI is InChI=1S/C20H33N3O4S/c1-15(12-13-28(4,24)25)23-20(21-2)22-14-16-8-7-11-18(26-3)19(16)27-17-9-5-6-10-17/h7-8,11,15,17H,5-6,9-10,12-14H2,1-4H3,(H2,21,22,23). The molecule has 1 atom stereocenters. The fourth-order valence-corrected chi connectivity index (χ4v) is 4.02. The summed E-state index contributed by atoms with van der Waals surface area (Å²) in [5, 5.41) is 6.52. The molecule has 2 rings (SSSR count). The average Bonchev–Trinajstić information content (AvgIpc) is 3.16. The molecule has 0 heterocycles. The van der Waals surface area contributed by atoms with Crippen LogP contribution < -0.4 is 20.1 Å². The van der Waals surface area contributed by atoms with Gasteiger partial charge in [-0.3, -0.25) is 4.99 Å². The summed E-state index contributed by atoms with van der Waals surface area (Å²) in [6.07, 6.45) is 6.57. The summed E-state index contributed by atoms with van der Waals surface area (Å²) in [6, 6.07) is 5.86. The summed E-state index contributed by atoms with van der Waals surface area (Å²) in [6.45, 7) is 2.47. The van der Waals surface area contributed by atoms with Crippen molar-refractivity contribution in [3.63, 3.8) is 0 Å². The zero-order valence-electron chi connectivity index (χ0n) is 17.3. The third kappa shape index (κ3) is 7.22. The molecule has 1 fully saturated rings. The first-order chi connectivity index (χ1) is 13.3. The number of para-hydroxylation sites is 1. The summed E-state index contributed by atoms with van der Waals surface area (Å²) in [4.78, 5) is 4.24. The first-order valence-electron chi connectivity index (χ1n) is 9.80. The zero-order valence-corrected chi connectivity index (χ0v) is 18.1. The second-order valence-electron chi connectivity index (χ2n) is 7.36. The fraction of sp³-hybridized carbons (Fsp3) is 0.650. The highest BCUT2D eigenvalue weighted by Gasteiger charge is 2.20. The summed E-state index contributed by atoms with van der Waals surface area (Å²) in [7, 11) is 0.373. The zero-order chi connectivity index (χ0) is 20.6. The molecule has 28 heavy (non-hydrogen) atoms. The maximum atomic E-state index is 11.3. The van der Waals surface area contributed by atoms with Gasteiger partial charge in [-0.05, 0) is 45.1 Å². The van der Waals surface area contributed by atoms with Crippen molar-refractivity contribution in [1.29, 1.82) is 0 Å². The lowest BCUT2D eigenvalue weighted by molar-refractivity contribution is 0.198. The Morgan fingerprint density at radius 2 is 2.04 bits per heavy atom. The molecule has 1 aromatic carbocycles. The molecule has 0 saturated heterocycles. The van der Waals surface area contributed by atoms with Crippen LogP contribution in [-0.2, 0) is 16.4 Å². The Hall–Kier alpha value is -1.96.